The molecule has 0 amide bonds. The highest BCUT2D eigenvalue weighted by Crippen LogP contribution is 2.24. The summed E-state index contributed by atoms with van der Waals surface area (Å²) in [5.74, 6) is -1.94. The van der Waals surface area contributed by atoms with Crippen LogP contribution in [0.4, 0.5) is 4.39 Å². The van der Waals surface area contributed by atoms with E-state index < -0.39 is 39.5 Å². The van der Waals surface area contributed by atoms with Crippen LogP contribution >= 0.6 is 11.6 Å². The molecule has 22 heavy (non-hydrogen) atoms. The van der Waals surface area contributed by atoms with Gasteiger partial charge in [-0.15, -0.1) is 0 Å². The molecule has 1 aromatic carbocycles. The van der Waals surface area contributed by atoms with Crippen molar-refractivity contribution >= 4 is 27.6 Å². The Labute approximate surface area is 132 Å². The Morgan fingerprint density at radius 3 is 2.82 bits per heavy atom. The minimum atomic E-state index is -3.77. The molecule has 1 saturated heterocycles. The Hall–Kier alpha value is -1.22. The molecule has 1 aromatic rings. The first-order valence-corrected chi connectivity index (χ1v) is 8.47. The third-order valence-electron chi connectivity index (χ3n) is 3.36. The van der Waals surface area contributed by atoms with Crippen molar-refractivity contribution in [1.29, 1.82) is 0 Å². The summed E-state index contributed by atoms with van der Waals surface area (Å²) in [7, 11) is -3.77. The van der Waals surface area contributed by atoms with Crippen molar-refractivity contribution in [3.05, 3.63) is 34.6 Å². The number of aliphatic carboxylic acids is 1. The Bertz CT molecular complexity index is 660. The van der Waals surface area contributed by atoms with Crippen molar-refractivity contribution in [1.82, 2.24) is 4.72 Å². The van der Waals surface area contributed by atoms with E-state index in [1.54, 1.807) is 0 Å². The molecule has 2 N–H and O–H groups in total. The second-order valence-corrected chi connectivity index (χ2v) is 7.37. The molecular weight excluding hydrogens is 337 g/mol. The van der Waals surface area contributed by atoms with Crippen LogP contribution in [-0.2, 0) is 19.6 Å². The number of nitrogens with one attached hydrogen (secondary N) is 1. The van der Waals surface area contributed by atoms with E-state index in [9.17, 15) is 17.6 Å². The first kappa shape index (κ1) is 17.1. The van der Waals surface area contributed by atoms with E-state index in [1.807, 2.05) is 0 Å². The van der Waals surface area contributed by atoms with Gasteiger partial charge in [-0.3, -0.25) is 4.79 Å². The van der Waals surface area contributed by atoms with E-state index in [4.69, 9.17) is 21.4 Å². The molecule has 1 aliphatic rings. The molecule has 9 heteroatoms. The molecule has 6 nitrogen and oxygen atoms in total. The van der Waals surface area contributed by atoms with Crippen LogP contribution in [0.1, 0.15) is 24.4 Å². The monoisotopic (exact) mass is 351 g/mol. The fourth-order valence-corrected chi connectivity index (χ4v) is 3.79. The maximum absolute atomic E-state index is 13.5. The van der Waals surface area contributed by atoms with Gasteiger partial charge in [-0.25, -0.2) is 17.5 Å². The van der Waals surface area contributed by atoms with Crippen LogP contribution in [-0.4, -0.2) is 38.0 Å². The van der Waals surface area contributed by atoms with Crippen molar-refractivity contribution in [2.45, 2.75) is 24.1 Å². The number of ether oxygens (including phenoxy) is 1. The number of carboxylic acids is 1. The third kappa shape index (κ3) is 4.16. The molecule has 0 aliphatic carbocycles. The van der Waals surface area contributed by atoms with Gasteiger partial charge >= 0.3 is 5.97 Å². The fourth-order valence-electron chi connectivity index (χ4n) is 2.18. The van der Waals surface area contributed by atoms with E-state index in [0.29, 0.717) is 13.0 Å². The Balaban J connectivity index is 2.25. The van der Waals surface area contributed by atoms with Gasteiger partial charge in [0, 0.05) is 6.61 Å². The standard InChI is InChI=1S/C13H15ClFNO5S/c14-10-2-1-8(5-11(10)15)12(6-13(17)18)16-22(19,20)9-3-4-21-7-9/h1-2,5,9,12,16H,3-4,6-7H2,(H,17,18). The molecule has 1 heterocycles. The number of sulfonamides is 1. The maximum Gasteiger partial charge on any atom is 0.305 e. The molecule has 0 radical (unpaired) electrons. The highest BCUT2D eigenvalue weighted by molar-refractivity contribution is 7.90. The molecule has 1 aliphatic heterocycles. The first-order valence-electron chi connectivity index (χ1n) is 6.55. The number of carboxylic acid groups (broad SMARTS) is 1. The van der Waals surface area contributed by atoms with Crippen LogP contribution in [0, 0.1) is 5.82 Å². The molecular formula is C13H15ClFNO5S. The van der Waals surface area contributed by atoms with Gasteiger partial charge in [-0.2, -0.15) is 0 Å². The number of halogens is 2. The maximum atomic E-state index is 13.5. The molecule has 1 fully saturated rings. The van der Waals surface area contributed by atoms with Crippen molar-refractivity contribution < 1.29 is 27.4 Å². The second kappa shape index (κ2) is 6.91. The SMILES string of the molecule is O=C(O)CC(NS(=O)(=O)C1CCOC1)c1ccc(Cl)c(F)c1. The van der Waals surface area contributed by atoms with E-state index in [0.717, 1.165) is 6.07 Å². The number of carbonyl (C=O) groups is 1. The lowest BCUT2D eigenvalue weighted by molar-refractivity contribution is -0.137. The van der Waals surface area contributed by atoms with Gasteiger partial charge in [0.2, 0.25) is 10.0 Å². The van der Waals surface area contributed by atoms with E-state index in [2.05, 4.69) is 4.72 Å². The molecule has 2 unspecified atom stereocenters. The van der Waals surface area contributed by atoms with Crippen molar-refractivity contribution in [3.63, 3.8) is 0 Å². The molecule has 0 saturated carbocycles. The minimum Gasteiger partial charge on any atom is -0.481 e. The van der Waals surface area contributed by atoms with Crippen molar-refractivity contribution in [2.24, 2.45) is 0 Å². The zero-order chi connectivity index (χ0) is 16.3. The van der Waals surface area contributed by atoms with Gasteiger partial charge in [0.25, 0.3) is 0 Å². The average molecular weight is 352 g/mol. The normalized spacial score (nSPS) is 20.0. The Kier molecular flexibility index (Phi) is 5.38. The minimum absolute atomic E-state index is 0.0596. The van der Waals surface area contributed by atoms with Crippen LogP contribution in [0.25, 0.3) is 0 Å². The second-order valence-electron chi connectivity index (χ2n) is 4.97. The molecule has 2 atom stereocenters. The highest BCUT2D eigenvalue weighted by Gasteiger charge is 2.32. The van der Waals surface area contributed by atoms with Crippen molar-refractivity contribution in [3.8, 4) is 0 Å². The van der Waals surface area contributed by atoms with Crippen LogP contribution in [0.3, 0.4) is 0 Å². The first-order chi connectivity index (χ1) is 10.3. The number of rotatable bonds is 6. The summed E-state index contributed by atoms with van der Waals surface area (Å²) in [6.45, 7) is 0.398. The number of benzene rings is 1. The van der Waals surface area contributed by atoms with Gasteiger partial charge in [0.1, 0.15) is 11.1 Å². The van der Waals surface area contributed by atoms with E-state index >= 15 is 0 Å². The average Bonchev–Trinajstić information content (AvgIpc) is 2.95. The molecule has 2 rings (SSSR count). The predicted molar refractivity (Wildman–Crippen MR) is 77.7 cm³/mol. The fraction of sp³-hybridized carbons (Fsp3) is 0.462. The van der Waals surface area contributed by atoms with Gasteiger partial charge < -0.3 is 9.84 Å². The van der Waals surface area contributed by atoms with Crippen LogP contribution in [0.15, 0.2) is 18.2 Å². The van der Waals surface area contributed by atoms with Crippen LogP contribution in [0.5, 0.6) is 0 Å². The van der Waals surface area contributed by atoms with E-state index in [1.165, 1.54) is 12.1 Å². The molecule has 0 bridgehead atoms. The largest absolute Gasteiger partial charge is 0.481 e. The zero-order valence-electron chi connectivity index (χ0n) is 11.5. The van der Waals surface area contributed by atoms with Crippen LogP contribution in [0.2, 0.25) is 5.02 Å². The Morgan fingerprint density at radius 2 is 2.27 bits per heavy atom. The quantitative estimate of drug-likeness (QED) is 0.813. The lowest BCUT2D eigenvalue weighted by atomic mass is 10.0. The van der Waals surface area contributed by atoms with Crippen LogP contribution < -0.4 is 4.72 Å². The summed E-state index contributed by atoms with van der Waals surface area (Å²) in [4.78, 5) is 11.0. The smallest absolute Gasteiger partial charge is 0.305 e. The number of hydrogen-bond acceptors (Lipinski definition) is 4. The third-order valence-corrected chi connectivity index (χ3v) is 5.53. The van der Waals surface area contributed by atoms with Gasteiger partial charge in [-0.05, 0) is 24.1 Å². The number of hydrogen-bond donors (Lipinski definition) is 2. The highest BCUT2D eigenvalue weighted by atomic mass is 35.5. The lowest BCUT2D eigenvalue weighted by Crippen LogP contribution is -2.38. The lowest BCUT2D eigenvalue weighted by Gasteiger charge is -2.20. The molecule has 0 aromatic heterocycles. The zero-order valence-corrected chi connectivity index (χ0v) is 13.0. The topological polar surface area (TPSA) is 92.7 Å². The molecule has 122 valence electrons. The summed E-state index contributed by atoms with van der Waals surface area (Å²) >= 11 is 5.58. The molecule has 0 spiro atoms. The summed E-state index contributed by atoms with van der Waals surface area (Å²) in [6.07, 6.45) is -0.169. The van der Waals surface area contributed by atoms with E-state index in [-0.39, 0.29) is 17.2 Å². The van der Waals surface area contributed by atoms with Gasteiger partial charge in [-0.1, -0.05) is 17.7 Å². The van der Waals surface area contributed by atoms with Gasteiger partial charge in [0.05, 0.1) is 24.1 Å². The summed E-state index contributed by atoms with van der Waals surface area (Å²) in [6, 6.07) is 2.61. The van der Waals surface area contributed by atoms with Crippen molar-refractivity contribution in [2.75, 3.05) is 13.2 Å². The Morgan fingerprint density at radius 1 is 1.55 bits per heavy atom. The predicted octanol–water partition coefficient (Wildman–Crippen LogP) is 1.70. The summed E-state index contributed by atoms with van der Waals surface area (Å²) in [5, 5.41) is 8.10. The van der Waals surface area contributed by atoms with Gasteiger partial charge in [0.15, 0.2) is 0 Å². The summed E-state index contributed by atoms with van der Waals surface area (Å²) in [5.41, 5.74) is 0.201. The summed E-state index contributed by atoms with van der Waals surface area (Å²) < 4.78 is 45.4.